The van der Waals surface area contributed by atoms with Gasteiger partial charge in [-0.25, -0.2) is 0 Å². The highest BCUT2D eigenvalue weighted by atomic mass is 15.2. The fraction of sp³-hybridized carbons (Fsp3) is 0.0370. The third kappa shape index (κ3) is 4.95. The molecule has 0 aliphatic heterocycles. The molecule has 0 unspecified atom stereocenters. The van der Waals surface area contributed by atoms with E-state index in [1.165, 1.54) is 76.8 Å². The van der Waals surface area contributed by atoms with Crippen molar-refractivity contribution < 1.29 is 0 Å². The number of anilines is 2. The number of benzene rings is 8. The lowest BCUT2D eigenvalue weighted by molar-refractivity contribution is 0.894. The summed E-state index contributed by atoms with van der Waals surface area (Å²) in [6, 6.07) is 70.7. The third-order valence-corrected chi connectivity index (χ3v) is 12.2. The predicted molar refractivity (Wildman–Crippen MR) is 245 cm³/mol. The average Bonchev–Trinajstić information content (AvgIpc) is 3.93. The van der Waals surface area contributed by atoms with Crippen LogP contribution in [0.2, 0.25) is 0 Å². The minimum atomic E-state index is 0.899. The van der Waals surface area contributed by atoms with Crippen LogP contribution in [0.4, 0.5) is 11.4 Å². The Morgan fingerprint density at radius 1 is 0.293 bits per heavy atom. The van der Waals surface area contributed by atoms with Crippen LogP contribution in [0.1, 0.15) is 12.8 Å². The van der Waals surface area contributed by atoms with Crippen LogP contribution < -0.4 is 4.90 Å². The average molecular weight is 743 g/mol. The first-order valence-corrected chi connectivity index (χ1v) is 20.2. The number of nitrogens with zero attached hydrogens (tertiary/aromatic N) is 4. The summed E-state index contributed by atoms with van der Waals surface area (Å²) in [5.74, 6) is 0. The van der Waals surface area contributed by atoms with Gasteiger partial charge in [0.1, 0.15) is 0 Å². The molecule has 0 bridgehead atoms. The molecule has 4 nitrogen and oxygen atoms in total. The van der Waals surface area contributed by atoms with Crippen LogP contribution in [-0.4, -0.2) is 13.7 Å². The van der Waals surface area contributed by atoms with E-state index < -0.39 is 0 Å². The van der Waals surface area contributed by atoms with Crippen molar-refractivity contribution in [3.8, 4) is 11.4 Å². The monoisotopic (exact) mass is 742 g/mol. The SMILES string of the molecule is C1=C(N(c2ccc(-n3c4ccccc4c4ccccc43)cc2)c2ccc(-n3c4ccccc4c4ccccc43)cc2)CCC(n2c3ccccc3c3ccccc32)=C1. The highest BCUT2D eigenvalue weighted by Gasteiger charge is 2.22. The molecule has 0 spiro atoms. The third-order valence-electron chi connectivity index (χ3n) is 12.2. The van der Waals surface area contributed by atoms with Crippen LogP contribution in [0.25, 0.3) is 82.5 Å². The van der Waals surface area contributed by atoms with Crippen LogP contribution >= 0.6 is 0 Å². The number of hydrogen-bond donors (Lipinski definition) is 0. The zero-order chi connectivity index (χ0) is 38.2. The Morgan fingerprint density at radius 3 is 0.914 bits per heavy atom. The van der Waals surface area contributed by atoms with Crippen LogP contribution in [0.5, 0.6) is 0 Å². The molecule has 0 radical (unpaired) electrons. The molecule has 274 valence electrons. The topological polar surface area (TPSA) is 18.0 Å². The summed E-state index contributed by atoms with van der Waals surface area (Å²) in [5, 5.41) is 7.66. The highest BCUT2D eigenvalue weighted by molar-refractivity contribution is 6.11. The van der Waals surface area contributed by atoms with Gasteiger partial charge in [-0.1, -0.05) is 109 Å². The molecule has 12 rings (SSSR count). The number of allylic oxidation sites excluding steroid dienone is 4. The van der Waals surface area contributed by atoms with Crippen molar-refractivity contribution in [3.63, 3.8) is 0 Å². The lowest BCUT2D eigenvalue weighted by Gasteiger charge is -2.30. The lowest BCUT2D eigenvalue weighted by atomic mass is 10.0. The first kappa shape index (κ1) is 32.7. The van der Waals surface area contributed by atoms with Crippen molar-refractivity contribution in [1.82, 2.24) is 13.7 Å². The molecule has 0 fully saturated rings. The number of hydrogen-bond acceptors (Lipinski definition) is 1. The van der Waals surface area contributed by atoms with Gasteiger partial charge in [0.15, 0.2) is 0 Å². The van der Waals surface area contributed by atoms with Crippen LogP contribution in [0.3, 0.4) is 0 Å². The van der Waals surface area contributed by atoms with E-state index in [4.69, 9.17) is 0 Å². The molecule has 0 amide bonds. The van der Waals surface area contributed by atoms with Crippen molar-refractivity contribution in [2.45, 2.75) is 12.8 Å². The van der Waals surface area contributed by atoms with Gasteiger partial charge in [0.2, 0.25) is 0 Å². The van der Waals surface area contributed by atoms with E-state index in [1.807, 2.05) is 0 Å². The second-order valence-electron chi connectivity index (χ2n) is 15.3. The molecule has 0 saturated heterocycles. The maximum atomic E-state index is 2.46. The molecule has 0 saturated carbocycles. The summed E-state index contributed by atoms with van der Waals surface area (Å²) in [5.41, 5.74) is 14.5. The largest absolute Gasteiger partial charge is 0.314 e. The van der Waals surface area contributed by atoms with E-state index >= 15 is 0 Å². The van der Waals surface area contributed by atoms with Crippen molar-refractivity contribution in [2.24, 2.45) is 0 Å². The molecule has 4 heteroatoms. The lowest BCUT2D eigenvalue weighted by Crippen LogP contribution is -2.18. The first-order chi connectivity index (χ1) is 28.8. The van der Waals surface area contributed by atoms with Crippen molar-refractivity contribution in [2.75, 3.05) is 4.90 Å². The quantitative estimate of drug-likeness (QED) is 0.166. The van der Waals surface area contributed by atoms with Crippen LogP contribution in [0, 0.1) is 0 Å². The van der Waals surface area contributed by atoms with Gasteiger partial charge < -0.3 is 18.6 Å². The number of aromatic nitrogens is 3. The van der Waals surface area contributed by atoms with Gasteiger partial charge in [0.25, 0.3) is 0 Å². The molecule has 1 aliphatic rings. The summed E-state index contributed by atoms with van der Waals surface area (Å²) in [6.07, 6.45) is 6.49. The Morgan fingerprint density at radius 2 is 0.603 bits per heavy atom. The minimum absolute atomic E-state index is 0.899. The van der Waals surface area contributed by atoms with Crippen molar-refractivity contribution in [1.29, 1.82) is 0 Å². The maximum absolute atomic E-state index is 2.46. The molecule has 1 aliphatic carbocycles. The van der Waals surface area contributed by atoms with E-state index in [1.54, 1.807) is 0 Å². The number of rotatable bonds is 6. The van der Waals surface area contributed by atoms with Crippen LogP contribution in [-0.2, 0) is 0 Å². The van der Waals surface area contributed by atoms with Gasteiger partial charge in [0, 0.05) is 66.5 Å². The fourth-order valence-corrected chi connectivity index (χ4v) is 9.60. The fourth-order valence-electron chi connectivity index (χ4n) is 9.60. The molecule has 11 aromatic rings. The van der Waals surface area contributed by atoms with Gasteiger partial charge in [-0.15, -0.1) is 0 Å². The Balaban J connectivity index is 0.991. The zero-order valence-electron chi connectivity index (χ0n) is 31.8. The van der Waals surface area contributed by atoms with Crippen molar-refractivity contribution in [3.05, 3.63) is 212 Å². The van der Waals surface area contributed by atoms with Gasteiger partial charge in [-0.05, 0) is 110 Å². The Labute approximate surface area is 336 Å². The standard InChI is InChI=1S/C54H38N4/c1-7-19-49-43(13-1)44-14-2-8-20-50(44)56(49)40-31-25-37(26-32-40)55(38-27-33-41(34-28-38)57-51-21-9-3-15-45(51)46-16-4-10-22-52(46)57)39-29-35-42(36-30-39)58-53-23-11-5-17-47(53)48-18-6-12-24-54(48)58/h1-29,31-35H,30,36H2. The Kier molecular flexibility index (Phi) is 7.32. The molecule has 0 atom stereocenters. The molecule has 8 aromatic carbocycles. The highest BCUT2D eigenvalue weighted by Crippen LogP contribution is 2.40. The van der Waals surface area contributed by atoms with Crippen molar-refractivity contribution >= 4 is 82.5 Å². The summed E-state index contributed by atoms with van der Waals surface area (Å²) in [6.45, 7) is 0. The Hall–Kier alpha value is -7.56. The van der Waals surface area contributed by atoms with E-state index in [0.717, 1.165) is 35.6 Å². The minimum Gasteiger partial charge on any atom is -0.314 e. The molecule has 58 heavy (non-hydrogen) atoms. The summed E-state index contributed by atoms with van der Waals surface area (Å²) < 4.78 is 7.24. The summed E-state index contributed by atoms with van der Waals surface area (Å²) >= 11 is 0. The number of fused-ring (bicyclic) bond motifs is 9. The first-order valence-electron chi connectivity index (χ1n) is 20.2. The van der Waals surface area contributed by atoms with E-state index in [9.17, 15) is 0 Å². The predicted octanol–water partition coefficient (Wildman–Crippen LogP) is 14.3. The van der Waals surface area contributed by atoms with E-state index in [2.05, 4.69) is 225 Å². The van der Waals surface area contributed by atoms with Gasteiger partial charge in [-0.2, -0.15) is 0 Å². The Bertz CT molecular complexity index is 3130. The van der Waals surface area contributed by atoms with E-state index in [-0.39, 0.29) is 0 Å². The second kappa shape index (κ2) is 13.0. The molecule has 3 heterocycles. The molecular weight excluding hydrogens is 705 g/mol. The van der Waals surface area contributed by atoms with Gasteiger partial charge >= 0.3 is 0 Å². The summed E-state index contributed by atoms with van der Waals surface area (Å²) in [4.78, 5) is 2.45. The number of para-hydroxylation sites is 6. The summed E-state index contributed by atoms with van der Waals surface area (Å²) in [7, 11) is 0. The van der Waals surface area contributed by atoms with Gasteiger partial charge in [0.05, 0.1) is 33.1 Å². The van der Waals surface area contributed by atoms with E-state index in [0.29, 0.717) is 0 Å². The normalized spacial score (nSPS) is 13.2. The maximum Gasteiger partial charge on any atom is 0.0541 e. The molecule has 0 N–H and O–H groups in total. The van der Waals surface area contributed by atoms with Crippen LogP contribution in [0.15, 0.2) is 212 Å². The zero-order valence-corrected chi connectivity index (χ0v) is 31.8. The smallest absolute Gasteiger partial charge is 0.0541 e. The molecular formula is C54H38N4. The second-order valence-corrected chi connectivity index (χ2v) is 15.3. The van der Waals surface area contributed by atoms with Gasteiger partial charge in [-0.3, -0.25) is 0 Å². The molecule has 3 aromatic heterocycles.